The summed E-state index contributed by atoms with van der Waals surface area (Å²) in [4.78, 5) is 27.6. The van der Waals surface area contributed by atoms with Gasteiger partial charge in [-0.05, 0) is 56.3 Å². The molecule has 3 saturated heterocycles. The number of carbonyl (C=O) groups excluding carboxylic acids is 2. The van der Waals surface area contributed by atoms with Crippen LogP contribution in [0.5, 0.6) is 0 Å². The highest BCUT2D eigenvalue weighted by atomic mass is 32.2. The van der Waals surface area contributed by atoms with Gasteiger partial charge in [0.15, 0.2) is 0 Å². The predicted octanol–water partition coefficient (Wildman–Crippen LogP) is 3.07. The molecule has 8 nitrogen and oxygen atoms in total. The first-order chi connectivity index (χ1) is 17.1. The lowest BCUT2D eigenvalue weighted by Crippen LogP contribution is -2.59. The second-order valence-corrected chi connectivity index (χ2v) is 11.7. The molecular weight excluding hydrogens is 518 g/mol. The van der Waals surface area contributed by atoms with E-state index in [1.165, 1.54) is 19.9 Å². The standard InChI is InChI=1S/C24H19F4N3O5S/c1-22-11-30(37(34,35)16-7-4-14(25)5-8-16)12-23(2,36-22)19-18(22)20(32)31(21(19)33)15-6-3-13(10-29)17(9-15)24(26,27)28/h3-9,18-19H,11-12H2,1-2H3/t18-,19+,22-,23+. The first-order valence-electron chi connectivity index (χ1n) is 11.1. The van der Waals surface area contributed by atoms with Gasteiger partial charge in [-0.25, -0.2) is 17.7 Å². The number of sulfonamides is 1. The van der Waals surface area contributed by atoms with Crippen LogP contribution in [0.15, 0.2) is 47.4 Å². The number of anilines is 1. The second kappa shape index (κ2) is 7.83. The minimum atomic E-state index is -4.89. The summed E-state index contributed by atoms with van der Waals surface area (Å²) in [6, 6.07) is 8.23. The van der Waals surface area contributed by atoms with Gasteiger partial charge in [0, 0.05) is 13.1 Å². The van der Waals surface area contributed by atoms with Gasteiger partial charge in [-0.15, -0.1) is 0 Å². The van der Waals surface area contributed by atoms with E-state index >= 15 is 0 Å². The van der Waals surface area contributed by atoms with Crippen LogP contribution in [-0.4, -0.2) is 48.8 Å². The van der Waals surface area contributed by atoms with Crippen LogP contribution in [-0.2, 0) is 30.5 Å². The number of carbonyl (C=O) groups is 2. The molecule has 2 aromatic rings. The fourth-order valence-electron chi connectivity index (χ4n) is 5.76. The van der Waals surface area contributed by atoms with Crippen molar-refractivity contribution < 1.29 is 40.3 Å². The molecule has 0 unspecified atom stereocenters. The van der Waals surface area contributed by atoms with Gasteiger partial charge in [-0.3, -0.25) is 9.59 Å². The number of hydrogen-bond acceptors (Lipinski definition) is 6. The minimum absolute atomic E-state index is 0.177. The van der Waals surface area contributed by atoms with Crippen LogP contribution in [0.4, 0.5) is 23.2 Å². The van der Waals surface area contributed by atoms with Crippen molar-refractivity contribution >= 4 is 27.5 Å². The summed E-state index contributed by atoms with van der Waals surface area (Å²) in [5.74, 6) is -4.59. The van der Waals surface area contributed by atoms with E-state index in [0.29, 0.717) is 11.0 Å². The number of morpholine rings is 1. The zero-order valence-electron chi connectivity index (χ0n) is 19.4. The van der Waals surface area contributed by atoms with E-state index in [-0.39, 0.29) is 23.7 Å². The molecule has 0 aromatic heterocycles. The molecule has 0 spiro atoms. The zero-order valence-corrected chi connectivity index (χ0v) is 20.2. The molecule has 2 bridgehead atoms. The van der Waals surface area contributed by atoms with Crippen molar-refractivity contribution in [2.45, 2.75) is 36.1 Å². The molecule has 3 aliphatic rings. The normalized spacial score (nSPS) is 29.9. The van der Waals surface area contributed by atoms with Crippen molar-refractivity contribution in [3.63, 3.8) is 0 Å². The first kappa shape index (κ1) is 25.3. The maximum atomic E-state index is 13.5. The van der Waals surface area contributed by atoms with E-state index in [1.54, 1.807) is 0 Å². The Bertz CT molecular complexity index is 1450. The van der Waals surface area contributed by atoms with Gasteiger partial charge >= 0.3 is 6.18 Å². The number of benzene rings is 2. The highest BCUT2D eigenvalue weighted by Crippen LogP contribution is 2.56. The molecule has 2 amide bonds. The van der Waals surface area contributed by atoms with E-state index in [0.717, 1.165) is 40.7 Å². The number of rotatable bonds is 3. The summed E-state index contributed by atoms with van der Waals surface area (Å²) in [7, 11) is -4.15. The zero-order chi connectivity index (χ0) is 27.1. The Morgan fingerprint density at radius 1 is 1.00 bits per heavy atom. The quantitative estimate of drug-likeness (QED) is 0.440. The van der Waals surface area contributed by atoms with Gasteiger partial charge in [0.05, 0.1) is 50.8 Å². The third-order valence-corrected chi connectivity index (χ3v) is 9.01. The molecule has 0 N–H and O–H groups in total. The van der Waals surface area contributed by atoms with Gasteiger partial charge in [0.25, 0.3) is 0 Å². The minimum Gasteiger partial charge on any atom is -0.365 e. The third-order valence-electron chi connectivity index (χ3n) is 7.21. The van der Waals surface area contributed by atoms with E-state index in [1.807, 2.05) is 0 Å². The first-order valence-corrected chi connectivity index (χ1v) is 12.5. The third kappa shape index (κ3) is 3.65. The number of fused-ring (bicyclic) bond motifs is 5. The van der Waals surface area contributed by atoms with E-state index in [2.05, 4.69) is 0 Å². The molecule has 37 heavy (non-hydrogen) atoms. The fraction of sp³-hybridized carbons (Fsp3) is 0.375. The Balaban J connectivity index is 1.53. The van der Waals surface area contributed by atoms with Gasteiger partial charge in [-0.2, -0.15) is 22.7 Å². The highest BCUT2D eigenvalue weighted by molar-refractivity contribution is 7.89. The molecule has 3 heterocycles. The summed E-state index contributed by atoms with van der Waals surface area (Å²) < 4.78 is 87.6. The van der Waals surface area contributed by atoms with Crippen LogP contribution < -0.4 is 4.90 Å². The number of amides is 2. The lowest BCUT2D eigenvalue weighted by atomic mass is 9.79. The number of hydrogen-bond donors (Lipinski definition) is 0. The molecule has 2 aromatic carbocycles. The maximum absolute atomic E-state index is 13.5. The summed E-state index contributed by atoms with van der Waals surface area (Å²) in [5.41, 5.74) is -5.21. The van der Waals surface area contributed by atoms with Crippen molar-refractivity contribution in [1.82, 2.24) is 4.31 Å². The number of imide groups is 1. The Morgan fingerprint density at radius 3 is 2.03 bits per heavy atom. The van der Waals surface area contributed by atoms with Crippen molar-refractivity contribution in [2.75, 3.05) is 18.0 Å². The highest BCUT2D eigenvalue weighted by Gasteiger charge is 2.72. The van der Waals surface area contributed by atoms with Crippen LogP contribution in [0.25, 0.3) is 0 Å². The monoisotopic (exact) mass is 537 g/mol. The summed E-state index contributed by atoms with van der Waals surface area (Å²) in [5, 5.41) is 9.05. The van der Waals surface area contributed by atoms with Crippen molar-refractivity contribution in [3.05, 3.63) is 59.4 Å². The maximum Gasteiger partial charge on any atom is 0.417 e. The summed E-state index contributed by atoms with van der Waals surface area (Å²) >= 11 is 0. The SMILES string of the molecule is C[C@]12CN(S(=O)(=O)c3ccc(F)cc3)C[C@](C)(O1)[C@@H]1C(=O)N(c3ccc(C#N)c(C(F)(F)F)c3)C(=O)[C@@H]12. The van der Waals surface area contributed by atoms with Crippen molar-refractivity contribution in [1.29, 1.82) is 5.26 Å². The van der Waals surface area contributed by atoms with Crippen LogP contribution >= 0.6 is 0 Å². The molecule has 13 heteroatoms. The van der Waals surface area contributed by atoms with Crippen LogP contribution in [0.1, 0.15) is 25.0 Å². The lowest BCUT2D eigenvalue weighted by molar-refractivity contribution is -0.157. The van der Waals surface area contributed by atoms with Gasteiger partial charge < -0.3 is 4.74 Å². The van der Waals surface area contributed by atoms with Gasteiger partial charge in [-0.1, -0.05) is 0 Å². The average Bonchev–Trinajstić information content (AvgIpc) is 3.18. The van der Waals surface area contributed by atoms with Gasteiger partial charge in [0.2, 0.25) is 21.8 Å². The summed E-state index contributed by atoms with van der Waals surface area (Å²) in [6.07, 6.45) is -4.89. The van der Waals surface area contributed by atoms with Gasteiger partial charge in [0.1, 0.15) is 5.82 Å². The number of halogens is 4. The summed E-state index contributed by atoms with van der Waals surface area (Å²) in [6.45, 7) is 2.35. The van der Waals surface area contributed by atoms with Crippen LogP contribution in [0, 0.1) is 29.0 Å². The van der Waals surface area contributed by atoms with E-state index < -0.39 is 68.0 Å². The molecular formula is C24H19F4N3O5S. The Labute approximate surface area is 209 Å². The number of ether oxygens (including phenoxy) is 1. The molecule has 0 radical (unpaired) electrons. The fourth-order valence-corrected chi connectivity index (χ4v) is 7.39. The van der Waals surface area contributed by atoms with Crippen molar-refractivity contribution in [3.8, 4) is 6.07 Å². The Hall–Kier alpha value is -3.34. The molecule has 194 valence electrons. The van der Waals surface area contributed by atoms with E-state index in [9.17, 15) is 35.6 Å². The molecule has 4 atom stereocenters. The average molecular weight is 537 g/mol. The molecule has 3 fully saturated rings. The molecule has 5 rings (SSSR count). The largest absolute Gasteiger partial charge is 0.417 e. The van der Waals surface area contributed by atoms with Crippen LogP contribution in [0.3, 0.4) is 0 Å². The van der Waals surface area contributed by atoms with Crippen molar-refractivity contribution in [2.24, 2.45) is 11.8 Å². The van der Waals surface area contributed by atoms with E-state index in [4.69, 9.17) is 10.00 Å². The Kier molecular flexibility index (Phi) is 5.36. The predicted molar refractivity (Wildman–Crippen MR) is 119 cm³/mol. The molecule has 0 aliphatic carbocycles. The smallest absolute Gasteiger partial charge is 0.365 e. The Morgan fingerprint density at radius 2 is 1.54 bits per heavy atom. The second-order valence-electron chi connectivity index (χ2n) is 9.76. The van der Waals surface area contributed by atoms with Crippen LogP contribution in [0.2, 0.25) is 0 Å². The molecule has 0 saturated carbocycles. The number of alkyl halides is 3. The number of nitrogens with zero attached hydrogens (tertiary/aromatic N) is 3. The topological polar surface area (TPSA) is 108 Å². The number of nitriles is 1. The lowest BCUT2D eigenvalue weighted by Gasteiger charge is -2.44. The molecule has 3 aliphatic heterocycles.